The molecule has 0 bridgehead atoms. The van der Waals surface area contributed by atoms with Crippen LogP contribution in [0.3, 0.4) is 0 Å². The highest BCUT2D eigenvalue weighted by Gasteiger charge is 2.06. The molecule has 0 heterocycles. The number of rotatable bonds is 4. The number of alkyl halides is 1. The van der Waals surface area contributed by atoms with Crippen LogP contribution in [0.15, 0.2) is 0 Å². The van der Waals surface area contributed by atoms with Crippen molar-refractivity contribution in [2.24, 2.45) is 0 Å². The molecule has 0 saturated carbocycles. The lowest BCUT2D eigenvalue weighted by Gasteiger charge is -1.95. The van der Waals surface area contributed by atoms with Gasteiger partial charge in [0.1, 0.15) is 11.8 Å². The predicted octanol–water partition coefficient (Wildman–Crippen LogP) is 0.0956. The van der Waals surface area contributed by atoms with Crippen molar-refractivity contribution in [3.63, 3.8) is 0 Å². The highest BCUT2D eigenvalue weighted by molar-refractivity contribution is 7.87. The largest absolute Gasteiger partial charge is 0.453 e. The Bertz CT molecular complexity index is 337. The summed E-state index contributed by atoms with van der Waals surface area (Å²) in [6.45, 7) is 0.867. The lowest BCUT2D eigenvalue weighted by molar-refractivity contribution is -0.139. The van der Waals surface area contributed by atoms with Crippen LogP contribution < -0.4 is 0 Å². The molecule has 0 aromatic carbocycles. The number of hydrogen-bond donors (Lipinski definition) is 0. The van der Waals surface area contributed by atoms with Crippen LogP contribution in [0.1, 0.15) is 6.92 Å². The van der Waals surface area contributed by atoms with Gasteiger partial charge in [0.25, 0.3) is 10.1 Å². The van der Waals surface area contributed by atoms with Crippen molar-refractivity contribution < 1.29 is 22.1 Å². The van der Waals surface area contributed by atoms with Crippen LogP contribution in [-0.4, -0.2) is 32.8 Å². The Morgan fingerprint density at radius 1 is 1.36 bits per heavy atom. The lowest BCUT2D eigenvalue weighted by Crippen LogP contribution is -2.07. The number of hydrogen-bond acceptors (Lipinski definition) is 5. The summed E-state index contributed by atoms with van der Waals surface area (Å²) in [7, 11) is -3.67. The smallest absolute Gasteiger partial charge is 0.303 e. The summed E-state index contributed by atoms with van der Waals surface area (Å²) in [5.74, 6) is 4.28. The summed E-state index contributed by atoms with van der Waals surface area (Å²) in [4.78, 5) is 10.2. The van der Waals surface area contributed by atoms with Crippen molar-refractivity contribution in [2.75, 3.05) is 18.4 Å². The molecule has 0 saturated heterocycles. The fourth-order valence-electron chi connectivity index (χ4n) is 0.391. The first-order chi connectivity index (χ1) is 6.48. The molecule has 0 amide bonds. The Kier molecular flexibility index (Phi) is 6.28. The maximum atomic E-state index is 10.6. The first-order valence-corrected chi connectivity index (χ1v) is 5.61. The second-order valence-corrected chi connectivity index (χ2v) is 4.29. The van der Waals surface area contributed by atoms with Gasteiger partial charge in [-0.25, -0.2) is 0 Å². The monoisotopic (exact) mass is 240 g/mol. The normalized spacial score (nSPS) is 10.1. The molecule has 0 rings (SSSR count). The van der Waals surface area contributed by atoms with Crippen molar-refractivity contribution in [2.45, 2.75) is 6.92 Å². The average Bonchev–Trinajstić information content (AvgIpc) is 2.10. The van der Waals surface area contributed by atoms with Crippen LogP contribution in [0.25, 0.3) is 0 Å². The van der Waals surface area contributed by atoms with Crippen molar-refractivity contribution in [1.29, 1.82) is 0 Å². The molecule has 0 aromatic rings. The van der Waals surface area contributed by atoms with E-state index in [1.165, 1.54) is 6.92 Å². The SMILES string of the molecule is CC(=O)OCC#CCOS(=O)(=O)CCl. The standard InChI is InChI=1S/C7H9ClO5S/c1-7(9)12-4-2-3-5-13-14(10,11)6-8/h4-6H2,1H3. The molecule has 7 heteroatoms. The molecule has 14 heavy (non-hydrogen) atoms. The fraction of sp³-hybridized carbons (Fsp3) is 0.571. The van der Waals surface area contributed by atoms with E-state index in [2.05, 4.69) is 20.8 Å². The second-order valence-electron chi connectivity index (χ2n) is 2.06. The van der Waals surface area contributed by atoms with Gasteiger partial charge in [-0.05, 0) is 0 Å². The average molecular weight is 241 g/mol. The molecule has 0 radical (unpaired) electrons. The van der Waals surface area contributed by atoms with Gasteiger partial charge in [-0.1, -0.05) is 11.8 Å². The van der Waals surface area contributed by atoms with E-state index < -0.39 is 21.3 Å². The minimum absolute atomic E-state index is 0.0837. The minimum Gasteiger partial charge on any atom is -0.453 e. The third kappa shape index (κ3) is 7.86. The molecular weight excluding hydrogens is 232 g/mol. The third-order valence-electron chi connectivity index (χ3n) is 0.917. The number of ether oxygens (including phenoxy) is 1. The molecule has 0 N–H and O–H groups in total. The molecule has 80 valence electrons. The van der Waals surface area contributed by atoms with E-state index in [0.717, 1.165) is 0 Å². The Balaban J connectivity index is 3.68. The maximum Gasteiger partial charge on any atom is 0.303 e. The van der Waals surface area contributed by atoms with Crippen LogP contribution >= 0.6 is 11.6 Å². The molecule has 0 aromatic heterocycles. The number of carbonyl (C=O) groups excluding carboxylic acids is 1. The number of esters is 1. The van der Waals surface area contributed by atoms with Crippen molar-refractivity contribution in [3.05, 3.63) is 0 Å². The van der Waals surface area contributed by atoms with Gasteiger partial charge >= 0.3 is 5.97 Å². The van der Waals surface area contributed by atoms with Crippen molar-refractivity contribution in [1.82, 2.24) is 0 Å². The first kappa shape index (κ1) is 13.2. The summed E-state index contributed by atoms with van der Waals surface area (Å²) in [5.41, 5.74) is 0. The van der Waals surface area contributed by atoms with Gasteiger partial charge < -0.3 is 4.74 Å². The topological polar surface area (TPSA) is 69.7 Å². The Labute approximate surface area is 87.5 Å². The molecule has 0 aliphatic heterocycles. The van der Waals surface area contributed by atoms with Gasteiger partial charge in [0, 0.05) is 6.92 Å². The third-order valence-corrected chi connectivity index (χ3v) is 2.46. The summed E-state index contributed by atoms with van der Waals surface area (Å²) in [6.07, 6.45) is 0. The van der Waals surface area contributed by atoms with Crippen LogP contribution in [0.4, 0.5) is 0 Å². The maximum absolute atomic E-state index is 10.6. The summed E-state index contributed by atoms with van der Waals surface area (Å²) in [5, 5.41) is -0.612. The Hall–Kier alpha value is -0.770. The van der Waals surface area contributed by atoms with E-state index in [1.54, 1.807) is 0 Å². The predicted molar refractivity (Wildman–Crippen MR) is 50.0 cm³/mol. The van der Waals surface area contributed by atoms with Crippen LogP contribution in [0.5, 0.6) is 0 Å². The van der Waals surface area contributed by atoms with Crippen molar-refractivity contribution >= 4 is 27.7 Å². The highest BCUT2D eigenvalue weighted by Crippen LogP contribution is 1.94. The van der Waals surface area contributed by atoms with Crippen LogP contribution in [-0.2, 0) is 23.8 Å². The molecular formula is C7H9ClO5S. The lowest BCUT2D eigenvalue weighted by atomic mass is 10.6. The molecule has 0 aliphatic carbocycles. The van der Waals surface area contributed by atoms with Crippen LogP contribution in [0.2, 0.25) is 0 Å². The Morgan fingerprint density at radius 2 is 1.93 bits per heavy atom. The summed E-state index contributed by atoms with van der Waals surface area (Å²) in [6, 6.07) is 0. The fourth-order valence-corrected chi connectivity index (χ4v) is 0.881. The van der Waals surface area contributed by atoms with E-state index in [4.69, 9.17) is 11.6 Å². The van der Waals surface area contributed by atoms with E-state index in [0.29, 0.717) is 0 Å². The van der Waals surface area contributed by atoms with Crippen LogP contribution in [0, 0.1) is 11.8 Å². The van der Waals surface area contributed by atoms with E-state index in [9.17, 15) is 13.2 Å². The van der Waals surface area contributed by atoms with E-state index in [1.807, 2.05) is 0 Å². The zero-order chi connectivity index (χ0) is 11.0. The molecule has 5 nitrogen and oxygen atoms in total. The van der Waals surface area contributed by atoms with Gasteiger partial charge in [0.2, 0.25) is 0 Å². The van der Waals surface area contributed by atoms with Gasteiger partial charge in [0.15, 0.2) is 6.61 Å². The number of carbonyl (C=O) groups is 1. The minimum atomic E-state index is -3.67. The summed E-state index contributed by atoms with van der Waals surface area (Å²) < 4.78 is 30.0. The first-order valence-electron chi connectivity index (χ1n) is 3.50. The molecule has 0 fully saturated rings. The summed E-state index contributed by atoms with van der Waals surface area (Å²) >= 11 is 5.04. The molecule has 0 aliphatic rings. The van der Waals surface area contributed by atoms with Crippen molar-refractivity contribution in [3.8, 4) is 11.8 Å². The quantitative estimate of drug-likeness (QED) is 0.302. The Morgan fingerprint density at radius 3 is 2.43 bits per heavy atom. The van der Waals surface area contributed by atoms with E-state index in [-0.39, 0.29) is 13.2 Å². The van der Waals surface area contributed by atoms with Gasteiger partial charge in [-0.2, -0.15) is 8.42 Å². The zero-order valence-electron chi connectivity index (χ0n) is 7.45. The molecule has 0 unspecified atom stereocenters. The number of halogens is 1. The highest BCUT2D eigenvalue weighted by atomic mass is 35.5. The van der Waals surface area contributed by atoms with Gasteiger partial charge in [-0.3, -0.25) is 8.98 Å². The molecule has 0 atom stereocenters. The zero-order valence-corrected chi connectivity index (χ0v) is 9.02. The van der Waals surface area contributed by atoms with Gasteiger partial charge in [-0.15, -0.1) is 11.6 Å². The van der Waals surface area contributed by atoms with E-state index >= 15 is 0 Å². The molecule has 0 spiro atoms. The van der Waals surface area contributed by atoms with Gasteiger partial charge in [0.05, 0.1) is 0 Å². The second kappa shape index (κ2) is 6.65.